The first kappa shape index (κ1) is 14.7. The third-order valence-electron chi connectivity index (χ3n) is 2.84. The molecule has 110 valence electrons. The quantitative estimate of drug-likeness (QED) is 0.542. The van der Waals surface area contributed by atoms with Crippen molar-refractivity contribution in [3.8, 4) is 0 Å². The van der Waals surface area contributed by atoms with E-state index in [-0.39, 0.29) is 10.1 Å². The van der Waals surface area contributed by atoms with Crippen molar-refractivity contribution in [2.45, 2.75) is 5.22 Å². The Labute approximate surface area is 135 Å². The van der Waals surface area contributed by atoms with Crippen LogP contribution in [0.1, 0.15) is 5.56 Å². The monoisotopic (exact) mass is 330 g/mol. The van der Waals surface area contributed by atoms with Crippen molar-refractivity contribution in [3.63, 3.8) is 0 Å². The number of carbonyl (C=O) groups excluding carboxylic acids is 1. The third-order valence-corrected chi connectivity index (χ3v) is 3.95. The van der Waals surface area contributed by atoms with Gasteiger partial charge < -0.3 is 14.3 Å². The molecule has 0 aliphatic heterocycles. The molecular weight excluding hydrogens is 322 g/mol. The summed E-state index contributed by atoms with van der Waals surface area (Å²) < 4.78 is 5.50. The zero-order chi connectivity index (χ0) is 15.5. The van der Waals surface area contributed by atoms with Crippen molar-refractivity contribution in [1.82, 2.24) is 4.98 Å². The highest BCUT2D eigenvalue weighted by molar-refractivity contribution is 8.03. The molecule has 0 radical (unpaired) electrons. The lowest BCUT2D eigenvalue weighted by atomic mass is 10.2. The van der Waals surface area contributed by atoms with E-state index in [4.69, 9.17) is 16.0 Å². The van der Waals surface area contributed by atoms with Crippen molar-refractivity contribution >= 4 is 46.5 Å². The average Bonchev–Trinajstić information content (AvgIpc) is 2.91. The first-order valence-corrected chi connectivity index (χ1v) is 7.53. The zero-order valence-electron chi connectivity index (χ0n) is 11.2. The Morgan fingerprint density at radius 2 is 1.91 bits per heavy atom. The van der Waals surface area contributed by atoms with Gasteiger partial charge in [-0.2, -0.15) is 0 Å². The number of hydrogen-bond acceptors (Lipinski definition) is 5. The van der Waals surface area contributed by atoms with E-state index in [1.807, 2.05) is 12.1 Å². The minimum Gasteiger partial charge on any atom is -0.544 e. The molecule has 0 fully saturated rings. The molecule has 0 N–H and O–H groups in total. The minimum absolute atomic E-state index is 0.00822. The Morgan fingerprint density at radius 1 is 1.18 bits per heavy atom. The van der Waals surface area contributed by atoms with Gasteiger partial charge in [0.25, 0.3) is 5.22 Å². The summed E-state index contributed by atoms with van der Waals surface area (Å²) in [5.74, 6) is -1.29. The molecule has 1 aromatic heterocycles. The number of benzene rings is 2. The fraction of sp³-hybridized carbons (Fsp3) is 0. The molecule has 22 heavy (non-hydrogen) atoms. The van der Waals surface area contributed by atoms with Crippen LogP contribution < -0.4 is 5.11 Å². The smallest absolute Gasteiger partial charge is 0.261 e. The molecule has 0 bridgehead atoms. The summed E-state index contributed by atoms with van der Waals surface area (Å²) in [6.07, 6.45) is 1.49. The van der Waals surface area contributed by atoms with Gasteiger partial charge in [0.2, 0.25) is 0 Å². The maximum absolute atomic E-state index is 11.3. The van der Waals surface area contributed by atoms with E-state index >= 15 is 0 Å². The van der Waals surface area contributed by atoms with Crippen LogP contribution in [0, 0.1) is 0 Å². The van der Waals surface area contributed by atoms with Crippen LogP contribution in [-0.4, -0.2) is 11.0 Å². The second kappa shape index (κ2) is 6.25. The molecule has 0 saturated carbocycles. The van der Waals surface area contributed by atoms with Gasteiger partial charge in [-0.05, 0) is 47.7 Å². The molecule has 4 nitrogen and oxygen atoms in total. The number of carboxylic acid groups (broad SMARTS) is 1. The molecule has 0 aliphatic carbocycles. The SMILES string of the molecule is O=C([O-])/C(=C\c1ccc(Cl)cc1)Sc1nc2ccccc2o1. The van der Waals surface area contributed by atoms with Gasteiger partial charge in [0, 0.05) is 9.93 Å². The summed E-state index contributed by atoms with van der Waals surface area (Å²) in [5, 5.41) is 12.1. The maximum Gasteiger partial charge on any atom is 0.261 e. The summed E-state index contributed by atoms with van der Waals surface area (Å²) in [5.41, 5.74) is 1.98. The van der Waals surface area contributed by atoms with Crippen molar-refractivity contribution in [2.24, 2.45) is 0 Å². The van der Waals surface area contributed by atoms with Crippen molar-refractivity contribution < 1.29 is 14.3 Å². The number of hydrogen-bond donors (Lipinski definition) is 0. The molecule has 6 heteroatoms. The predicted octanol–water partition coefficient (Wildman–Crippen LogP) is 3.36. The molecule has 0 aliphatic rings. The van der Waals surface area contributed by atoms with E-state index in [9.17, 15) is 9.90 Å². The molecule has 0 unspecified atom stereocenters. The van der Waals surface area contributed by atoms with Gasteiger partial charge in [-0.25, -0.2) is 4.98 Å². The third kappa shape index (κ3) is 3.32. The molecule has 3 rings (SSSR count). The van der Waals surface area contributed by atoms with Crippen LogP contribution in [-0.2, 0) is 4.79 Å². The van der Waals surface area contributed by atoms with Crippen LogP contribution in [0.15, 0.2) is 63.1 Å². The number of nitrogens with zero attached hydrogens (tertiary/aromatic N) is 1. The molecule has 0 amide bonds. The number of oxazole rings is 1. The Hall–Kier alpha value is -2.24. The largest absolute Gasteiger partial charge is 0.544 e. The molecule has 0 spiro atoms. The van der Waals surface area contributed by atoms with E-state index in [1.54, 1.807) is 36.4 Å². The highest BCUT2D eigenvalue weighted by atomic mass is 35.5. The second-order valence-corrected chi connectivity index (χ2v) is 5.83. The van der Waals surface area contributed by atoms with Gasteiger partial charge in [-0.1, -0.05) is 35.9 Å². The van der Waals surface area contributed by atoms with Crippen LogP contribution in [0.5, 0.6) is 0 Å². The van der Waals surface area contributed by atoms with Gasteiger partial charge in [0.15, 0.2) is 5.58 Å². The summed E-state index contributed by atoms with van der Waals surface area (Å²) in [6.45, 7) is 0. The van der Waals surface area contributed by atoms with E-state index in [2.05, 4.69) is 4.98 Å². The lowest BCUT2D eigenvalue weighted by Crippen LogP contribution is -2.22. The minimum atomic E-state index is -1.29. The van der Waals surface area contributed by atoms with Gasteiger partial charge in [0.1, 0.15) is 5.52 Å². The molecule has 0 atom stereocenters. The Morgan fingerprint density at radius 3 is 2.59 bits per heavy atom. The Kier molecular flexibility index (Phi) is 4.18. The van der Waals surface area contributed by atoms with Crippen molar-refractivity contribution in [1.29, 1.82) is 0 Å². The predicted molar refractivity (Wildman–Crippen MR) is 84.3 cm³/mol. The number of fused-ring (bicyclic) bond motifs is 1. The van der Waals surface area contributed by atoms with E-state index < -0.39 is 5.97 Å². The topological polar surface area (TPSA) is 66.2 Å². The van der Waals surface area contributed by atoms with Crippen LogP contribution >= 0.6 is 23.4 Å². The zero-order valence-corrected chi connectivity index (χ0v) is 12.7. The fourth-order valence-electron chi connectivity index (χ4n) is 1.83. The Balaban J connectivity index is 1.91. The van der Waals surface area contributed by atoms with Gasteiger partial charge >= 0.3 is 0 Å². The van der Waals surface area contributed by atoms with Crippen molar-refractivity contribution in [3.05, 3.63) is 64.0 Å². The van der Waals surface area contributed by atoms with Crippen molar-refractivity contribution in [2.75, 3.05) is 0 Å². The summed E-state index contributed by atoms with van der Waals surface area (Å²) >= 11 is 6.72. The number of rotatable bonds is 4. The van der Waals surface area contributed by atoms with Gasteiger partial charge in [-0.3, -0.25) is 0 Å². The van der Waals surface area contributed by atoms with Gasteiger partial charge in [-0.15, -0.1) is 0 Å². The second-order valence-electron chi connectivity index (χ2n) is 4.40. The van der Waals surface area contributed by atoms with E-state index in [0.717, 1.165) is 11.8 Å². The van der Waals surface area contributed by atoms with E-state index in [1.165, 1.54) is 6.08 Å². The van der Waals surface area contributed by atoms with Crippen LogP contribution in [0.4, 0.5) is 0 Å². The fourth-order valence-corrected chi connectivity index (χ4v) is 2.70. The average molecular weight is 331 g/mol. The normalized spacial score (nSPS) is 11.8. The number of aromatic nitrogens is 1. The molecule has 2 aromatic carbocycles. The molecule has 0 saturated heterocycles. The number of carbonyl (C=O) groups is 1. The highest BCUT2D eigenvalue weighted by Crippen LogP contribution is 2.30. The van der Waals surface area contributed by atoms with Crippen LogP contribution in [0.25, 0.3) is 17.2 Å². The summed E-state index contributed by atoms with van der Waals surface area (Å²) in [4.78, 5) is 15.5. The molecular formula is C16H9ClNO3S-. The highest BCUT2D eigenvalue weighted by Gasteiger charge is 2.10. The Bertz CT molecular complexity index is 822. The first-order valence-electron chi connectivity index (χ1n) is 6.34. The lowest BCUT2D eigenvalue weighted by molar-refractivity contribution is -0.298. The molecule has 1 heterocycles. The summed E-state index contributed by atoms with van der Waals surface area (Å²) in [7, 11) is 0. The molecule has 3 aromatic rings. The van der Waals surface area contributed by atoms with E-state index in [0.29, 0.717) is 21.7 Å². The number of thioether (sulfide) groups is 1. The number of para-hydroxylation sites is 2. The summed E-state index contributed by atoms with van der Waals surface area (Å²) in [6, 6.07) is 14.0. The first-order chi connectivity index (χ1) is 10.6. The number of aliphatic carboxylic acids is 1. The van der Waals surface area contributed by atoms with Crippen LogP contribution in [0.3, 0.4) is 0 Å². The van der Waals surface area contributed by atoms with Gasteiger partial charge in [0.05, 0.1) is 5.97 Å². The van der Waals surface area contributed by atoms with Crippen LogP contribution in [0.2, 0.25) is 5.02 Å². The number of carboxylic acids is 1. The standard InChI is InChI=1S/C16H10ClNO3S/c17-11-7-5-10(6-8-11)9-14(15(19)20)22-16-18-12-3-1-2-4-13(12)21-16/h1-9H,(H,19,20)/p-1/b14-9+. The number of halogens is 1. The lowest BCUT2D eigenvalue weighted by Gasteiger charge is -2.05. The maximum atomic E-state index is 11.3.